The van der Waals surface area contributed by atoms with Crippen LogP contribution in [0.4, 0.5) is 5.13 Å². The van der Waals surface area contributed by atoms with Crippen molar-refractivity contribution < 1.29 is 9.59 Å². The van der Waals surface area contributed by atoms with Crippen LogP contribution < -0.4 is 5.32 Å². The smallest absolute Gasteiger partial charge is 0.294 e. The minimum atomic E-state index is -0.719. The van der Waals surface area contributed by atoms with Crippen molar-refractivity contribution in [2.75, 3.05) is 5.32 Å². The summed E-state index contributed by atoms with van der Waals surface area (Å²) in [4.78, 5) is 24.1. The molecule has 0 aliphatic heterocycles. The molecule has 7 nitrogen and oxygen atoms in total. The lowest BCUT2D eigenvalue weighted by atomic mass is 10.1. The Balaban J connectivity index is 2.18. The minimum absolute atomic E-state index is 0.333. The van der Waals surface area contributed by atoms with Crippen LogP contribution in [0.1, 0.15) is 33.7 Å². The van der Waals surface area contributed by atoms with E-state index < -0.39 is 11.7 Å². The number of carbonyl (C=O) groups is 2. The van der Waals surface area contributed by atoms with Gasteiger partial charge in [-0.15, -0.1) is 10.2 Å². The van der Waals surface area contributed by atoms with Crippen molar-refractivity contribution in [3.8, 4) is 0 Å². The molecule has 2 heterocycles. The molecule has 0 fully saturated rings. The largest absolute Gasteiger partial charge is 0.298 e. The molecule has 0 aliphatic rings. The lowest BCUT2D eigenvalue weighted by Crippen LogP contribution is -2.24. The van der Waals surface area contributed by atoms with Gasteiger partial charge in [0, 0.05) is 12.7 Å². The molecule has 0 atom stereocenters. The third-order valence-electron chi connectivity index (χ3n) is 2.93. The second kappa shape index (κ2) is 5.49. The van der Waals surface area contributed by atoms with Crippen molar-refractivity contribution in [3.05, 3.63) is 22.0 Å². The van der Waals surface area contributed by atoms with Crippen LogP contribution >= 0.6 is 11.3 Å². The highest BCUT2D eigenvalue weighted by atomic mass is 32.1. The van der Waals surface area contributed by atoms with Crippen LogP contribution in [0.5, 0.6) is 0 Å². The molecule has 0 saturated carbocycles. The van der Waals surface area contributed by atoms with Gasteiger partial charge in [0.05, 0.1) is 11.3 Å². The van der Waals surface area contributed by atoms with Crippen LogP contribution in [0, 0.1) is 13.8 Å². The Bertz CT molecular complexity index is 673. The summed E-state index contributed by atoms with van der Waals surface area (Å²) >= 11 is 1.26. The fourth-order valence-electron chi connectivity index (χ4n) is 1.82. The van der Waals surface area contributed by atoms with Crippen molar-refractivity contribution in [3.63, 3.8) is 0 Å². The number of Topliss-reactive ketones (excluding diaryl/α,β-unsaturated/α-hetero) is 1. The van der Waals surface area contributed by atoms with Gasteiger partial charge in [-0.05, 0) is 20.3 Å². The van der Waals surface area contributed by atoms with Crippen molar-refractivity contribution in [2.24, 2.45) is 7.05 Å². The van der Waals surface area contributed by atoms with Crippen LogP contribution in [0.25, 0.3) is 0 Å². The predicted octanol–water partition coefficient (Wildman–Crippen LogP) is 1.27. The summed E-state index contributed by atoms with van der Waals surface area (Å²) in [7, 11) is 1.73. The van der Waals surface area contributed by atoms with E-state index >= 15 is 0 Å². The third-order valence-corrected chi connectivity index (χ3v) is 3.92. The van der Waals surface area contributed by atoms with E-state index in [-0.39, 0.29) is 0 Å². The first-order valence-corrected chi connectivity index (χ1v) is 6.94. The summed E-state index contributed by atoms with van der Waals surface area (Å²) in [6, 6.07) is 0. The topological polar surface area (TPSA) is 89.8 Å². The van der Waals surface area contributed by atoms with E-state index in [0.717, 1.165) is 11.4 Å². The molecule has 0 saturated heterocycles. The molecule has 2 aromatic heterocycles. The van der Waals surface area contributed by atoms with Gasteiger partial charge in [-0.3, -0.25) is 19.6 Å². The van der Waals surface area contributed by atoms with E-state index in [0.29, 0.717) is 22.1 Å². The molecule has 20 heavy (non-hydrogen) atoms. The molecule has 106 valence electrons. The van der Waals surface area contributed by atoms with Gasteiger partial charge in [0.1, 0.15) is 5.01 Å². The van der Waals surface area contributed by atoms with Crippen molar-refractivity contribution in [1.82, 2.24) is 20.0 Å². The number of ketones is 1. The molecule has 2 aromatic rings. The summed E-state index contributed by atoms with van der Waals surface area (Å²) in [5.41, 5.74) is 1.54. The molecule has 0 aliphatic carbocycles. The molecule has 0 bridgehead atoms. The van der Waals surface area contributed by atoms with Gasteiger partial charge in [0.25, 0.3) is 11.7 Å². The third kappa shape index (κ3) is 2.60. The first kappa shape index (κ1) is 14.3. The fraction of sp³-hybridized carbons (Fsp3) is 0.417. The van der Waals surface area contributed by atoms with Gasteiger partial charge in [-0.2, -0.15) is 5.10 Å². The Hall–Kier alpha value is -2.09. The van der Waals surface area contributed by atoms with E-state index in [2.05, 4.69) is 20.6 Å². The standard InChI is InChI=1S/C12H15N5O2S/c1-5-8-14-15-12(20-8)13-11(19)10(18)9-6(2)16-17(4)7(9)3/h5H2,1-4H3,(H,13,15,19). The molecule has 1 amide bonds. The van der Waals surface area contributed by atoms with E-state index in [9.17, 15) is 9.59 Å². The lowest BCUT2D eigenvalue weighted by Gasteiger charge is -2.01. The van der Waals surface area contributed by atoms with Crippen molar-refractivity contribution in [2.45, 2.75) is 27.2 Å². The summed E-state index contributed by atoms with van der Waals surface area (Å²) < 4.78 is 1.58. The zero-order valence-corrected chi connectivity index (χ0v) is 12.5. The SMILES string of the molecule is CCc1nnc(NC(=O)C(=O)c2c(C)nn(C)c2C)s1. The minimum Gasteiger partial charge on any atom is -0.294 e. The molecule has 0 spiro atoms. The summed E-state index contributed by atoms with van der Waals surface area (Å²) in [6.07, 6.45) is 0.738. The lowest BCUT2D eigenvalue weighted by molar-refractivity contribution is -0.112. The summed E-state index contributed by atoms with van der Waals surface area (Å²) in [5, 5.41) is 15.4. The van der Waals surface area contributed by atoms with Crippen LogP contribution in [0.3, 0.4) is 0 Å². The summed E-state index contributed by atoms with van der Waals surface area (Å²) in [6.45, 7) is 5.40. The molecule has 0 aromatic carbocycles. The molecular formula is C12H15N5O2S. The number of aryl methyl sites for hydroxylation is 3. The highest BCUT2D eigenvalue weighted by molar-refractivity contribution is 7.15. The van der Waals surface area contributed by atoms with Gasteiger partial charge >= 0.3 is 0 Å². The highest BCUT2D eigenvalue weighted by Gasteiger charge is 2.24. The molecule has 8 heteroatoms. The van der Waals surface area contributed by atoms with Gasteiger partial charge in [-0.1, -0.05) is 18.3 Å². The maximum atomic E-state index is 12.2. The highest BCUT2D eigenvalue weighted by Crippen LogP contribution is 2.17. The number of carbonyl (C=O) groups excluding carboxylic acids is 2. The van der Waals surface area contributed by atoms with E-state index in [1.165, 1.54) is 11.3 Å². The number of hydrogen-bond donors (Lipinski definition) is 1. The number of anilines is 1. The van der Waals surface area contributed by atoms with Gasteiger partial charge in [0.2, 0.25) is 5.13 Å². The van der Waals surface area contributed by atoms with Gasteiger partial charge in [0.15, 0.2) is 0 Å². The zero-order valence-electron chi connectivity index (χ0n) is 11.7. The van der Waals surface area contributed by atoms with Gasteiger partial charge in [-0.25, -0.2) is 0 Å². The monoisotopic (exact) mass is 293 g/mol. The zero-order chi connectivity index (χ0) is 14.9. The normalized spacial score (nSPS) is 10.6. The Morgan fingerprint density at radius 3 is 2.50 bits per heavy atom. The van der Waals surface area contributed by atoms with Gasteiger partial charge < -0.3 is 0 Å². The first-order valence-electron chi connectivity index (χ1n) is 6.12. The second-order valence-electron chi connectivity index (χ2n) is 4.31. The molecule has 0 unspecified atom stereocenters. The number of rotatable bonds is 4. The van der Waals surface area contributed by atoms with Crippen LogP contribution in [0.2, 0.25) is 0 Å². The number of amides is 1. The fourth-order valence-corrected chi connectivity index (χ4v) is 2.49. The van der Waals surface area contributed by atoms with Crippen LogP contribution in [-0.4, -0.2) is 31.7 Å². The van der Waals surface area contributed by atoms with Crippen molar-refractivity contribution in [1.29, 1.82) is 0 Å². The number of aromatic nitrogens is 4. The Morgan fingerprint density at radius 1 is 1.30 bits per heavy atom. The van der Waals surface area contributed by atoms with Crippen LogP contribution in [0.15, 0.2) is 0 Å². The Labute approximate surface area is 120 Å². The Morgan fingerprint density at radius 2 is 2.00 bits per heavy atom. The van der Waals surface area contributed by atoms with Crippen molar-refractivity contribution >= 4 is 28.2 Å². The average Bonchev–Trinajstić information content (AvgIpc) is 2.95. The second-order valence-corrected chi connectivity index (χ2v) is 5.37. The molecular weight excluding hydrogens is 278 g/mol. The molecule has 0 radical (unpaired) electrons. The Kier molecular flexibility index (Phi) is 3.93. The number of nitrogens with zero attached hydrogens (tertiary/aromatic N) is 4. The van der Waals surface area contributed by atoms with E-state index in [1.54, 1.807) is 25.6 Å². The van der Waals surface area contributed by atoms with Crippen LogP contribution in [-0.2, 0) is 18.3 Å². The number of hydrogen-bond acceptors (Lipinski definition) is 6. The van der Waals surface area contributed by atoms with E-state index in [4.69, 9.17) is 0 Å². The first-order chi connectivity index (χ1) is 9.43. The predicted molar refractivity (Wildman–Crippen MR) is 74.9 cm³/mol. The molecule has 1 N–H and O–H groups in total. The summed E-state index contributed by atoms with van der Waals surface area (Å²) in [5.74, 6) is -1.33. The van der Waals surface area contributed by atoms with E-state index in [1.807, 2.05) is 6.92 Å². The maximum Gasteiger partial charge on any atom is 0.298 e. The number of nitrogens with one attached hydrogen (secondary N) is 1. The maximum absolute atomic E-state index is 12.2. The quantitative estimate of drug-likeness (QED) is 0.677. The molecule has 2 rings (SSSR count). The average molecular weight is 293 g/mol.